The number of carbonyl (C=O) groups is 3. The molecular formula is C21H25N3O3. The van der Waals surface area contributed by atoms with E-state index in [2.05, 4.69) is 4.98 Å². The number of nitrogens with zero attached hydrogens (tertiary/aromatic N) is 2. The lowest BCUT2D eigenvalue weighted by molar-refractivity contribution is -0.137. The van der Waals surface area contributed by atoms with Crippen LogP contribution in [0.25, 0.3) is 0 Å². The van der Waals surface area contributed by atoms with Crippen LogP contribution in [0.15, 0.2) is 42.6 Å². The number of rotatable bonds is 4. The van der Waals surface area contributed by atoms with Gasteiger partial charge < -0.3 is 14.8 Å². The third-order valence-electron chi connectivity index (χ3n) is 5.20. The van der Waals surface area contributed by atoms with Crippen molar-refractivity contribution in [2.45, 2.75) is 26.2 Å². The molecule has 142 valence electrons. The van der Waals surface area contributed by atoms with Gasteiger partial charge in [-0.2, -0.15) is 0 Å². The molecule has 0 radical (unpaired) electrons. The van der Waals surface area contributed by atoms with E-state index in [4.69, 9.17) is 0 Å². The Bertz CT molecular complexity index is 847. The van der Waals surface area contributed by atoms with Crippen LogP contribution in [0.2, 0.25) is 0 Å². The molecule has 0 unspecified atom stereocenters. The summed E-state index contributed by atoms with van der Waals surface area (Å²) in [5, 5.41) is 0. The van der Waals surface area contributed by atoms with Crippen molar-refractivity contribution >= 4 is 17.6 Å². The average molecular weight is 367 g/mol. The van der Waals surface area contributed by atoms with Crippen LogP contribution in [0.4, 0.5) is 0 Å². The normalized spacial score (nSPS) is 14.9. The Labute approximate surface area is 159 Å². The Morgan fingerprint density at radius 2 is 1.56 bits per heavy atom. The van der Waals surface area contributed by atoms with Gasteiger partial charge in [-0.05, 0) is 32.4 Å². The van der Waals surface area contributed by atoms with Crippen molar-refractivity contribution in [2.75, 3.05) is 26.2 Å². The van der Waals surface area contributed by atoms with Crippen LogP contribution in [0.5, 0.6) is 0 Å². The first-order chi connectivity index (χ1) is 12.8. The van der Waals surface area contributed by atoms with Crippen molar-refractivity contribution in [3.63, 3.8) is 0 Å². The number of aromatic amines is 1. The van der Waals surface area contributed by atoms with E-state index >= 15 is 0 Å². The topological polar surface area (TPSA) is 73.5 Å². The Hall–Kier alpha value is -2.89. The number of H-pyrrole nitrogens is 1. The Morgan fingerprint density at radius 1 is 0.963 bits per heavy atom. The van der Waals surface area contributed by atoms with Gasteiger partial charge in [0.1, 0.15) is 5.69 Å². The second-order valence-electron chi connectivity index (χ2n) is 7.43. The molecule has 2 aromatic rings. The Morgan fingerprint density at radius 3 is 2.11 bits per heavy atom. The minimum absolute atomic E-state index is 0.0690. The smallest absolute Gasteiger partial charge is 0.270 e. The number of nitrogens with one attached hydrogen (secondary N) is 1. The number of benzene rings is 1. The summed E-state index contributed by atoms with van der Waals surface area (Å²) in [6, 6.07) is 11.3. The largest absolute Gasteiger partial charge is 0.356 e. The van der Waals surface area contributed by atoms with Crippen molar-refractivity contribution in [2.24, 2.45) is 0 Å². The second-order valence-corrected chi connectivity index (χ2v) is 7.43. The fourth-order valence-electron chi connectivity index (χ4n) is 3.38. The molecule has 0 aliphatic carbocycles. The summed E-state index contributed by atoms with van der Waals surface area (Å²) in [7, 11) is 0. The highest BCUT2D eigenvalue weighted by molar-refractivity contribution is 5.99. The zero-order valence-electron chi connectivity index (χ0n) is 16.0. The molecule has 27 heavy (non-hydrogen) atoms. The predicted molar refractivity (Wildman–Crippen MR) is 103 cm³/mol. The number of hydrogen-bond acceptors (Lipinski definition) is 3. The molecule has 1 saturated heterocycles. The number of piperazine rings is 1. The van der Waals surface area contributed by atoms with Gasteiger partial charge in [-0.25, -0.2) is 0 Å². The maximum Gasteiger partial charge on any atom is 0.270 e. The fraction of sp³-hybridized carbons (Fsp3) is 0.381. The second kappa shape index (κ2) is 7.39. The van der Waals surface area contributed by atoms with Gasteiger partial charge in [-0.15, -0.1) is 0 Å². The van der Waals surface area contributed by atoms with Crippen molar-refractivity contribution in [1.29, 1.82) is 0 Å². The number of hydrogen-bond donors (Lipinski definition) is 1. The molecule has 1 aromatic heterocycles. The van der Waals surface area contributed by atoms with Gasteiger partial charge in [-0.1, -0.05) is 30.3 Å². The summed E-state index contributed by atoms with van der Waals surface area (Å²) in [6.07, 6.45) is 1.55. The van der Waals surface area contributed by atoms with E-state index in [1.165, 1.54) is 6.92 Å². The van der Waals surface area contributed by atoms with E-state index in [0.717, 1.165) is 5.56 Å². The van der Waals surface area contributed by atoms with Crippen LogP contribution in [0, 0.1) is 0 Å². The van der Waals surface area contributed by atoms with E-state index < -0.39 is 5.41 Å². The molecule has 2 amide bonds. The fourth-order valence-corrected chi connectivity index (χ4v) is 3.38. The standard InChI is InChI=1S/C21H25N3O3/c1-15(25)16-13-18(22-14-16)19(26)23-9-11-24(12-10-23)20(27)21(2,3)17-7-5-4-6-8-17/h4-8,13-14,22H,9-12H2,1-3H3. The Kier molecular flexibility index (Phi) is 5.17. The van der Waals surface area contributed by atoms with Crippen LogP contribution in [0.1, 0.15) is 47.2 Å². The quantitative estimate of drug-likeness (QED) is 0.844. The van der Waals surface area contributed by atoms with Crippen LogP contribution in [-0.2, 0) is 10.2 Å². The minimum atomic E-state index is -0.608. The van der Waals surface area contributed by atoms with Gasteiger partial charge in [0.25, 0.3) is 5.91 Å². The first-order valence-corrected chi connectivity index (χ1v) is 9.14. The van der Waals surface area contributed by atoms with Gasteiger partial charge in [0.15, 0.2) is 5.78 Å². The molecule has 1 aromatic carbocycles. The highest BCUT2D eigenvalue weighted by Gasteiger charge is 2.35. The summed E-state index contributed by atoms with van der Waals surface area (Å²) in [5.74, 6) is -0.152. The number of Topliss-reactive ketones (excluding diaryl/α,β-unsaturated/α-hetero) is 1. The van der Waals surface area contributed by atoms with Gasteiger partial charge in [0.2, 0.25) is 5.91 Å². The lowest BCUT2D eigenvalue weighted by Gasteiger charge is -2.38. The molecule has 0 saturated carbocycles. The van der Waals surface area contributed by atoms with Crippen molar-refractivity contribution in [1.82, 2.24) is 14.8 Å². The van der Waals surface area contributed by atoms with E-state index in [0.29, 0.717) is 37.4 Å². The van der Waals surface area contributed by atoms with Crippen molar-refractivity contribution in [3.05, 3.63) is 59.4 Å². The molecule has 6 nitrogen and oxygen atoms in total. The summed E-state index contributed by atoms with van der Waals surface area (Å²) in [4.78, 5) is 43.4. The zero-order chi connectivity index (χ0) is 19.6. The van der Waals surface area contributed by atoms with Crippen LogP contribution >= 0.6 is 0 Å². The van der Waals surface area contributed by atoms with Crippen LogP contribution < -0.4 is 0 Å². The van der Waals surface area contributed by atoms with E-state index in [1.54, 1.807) is 17.2 Å². The number of carbonyl (C=O) groups excluding carboxylic acids is 3. The molecule has 1 N–H and O–H groups in total. The maximum absolute atomic E-state index is 13.0. The maximum atomic E-state index is 13.0. The van der Waals surface area contributed by atoms with E-state index in [-0.39, 0.29) is 17.6 Å². The summed E-state index contributed by atoms with van der Waals surface area (Å²) in [5.41, 5.74) is 1.28. The van der Waals surface area contributed by atoms with Crippen LogP contribution in [0.3, 0.4) is 0 Å². The average Bonchev–Trinajstić information content (AvgIpc) is 3.18. The molecule has 0 spiro atoms. The molecule has 2 heterocycles. The molecule has 1 aliphatic heterocycles. The number of ketones is 1. The van der Waals surface area contributed by atoms with Gasteiger partial charge in [-0.3, -0.25) is 14.4 Å². The lowest BCUT2D eigenvalue weighted by Crippen LogP contribution is -2.54. The lowest BCUT2D eigenvalue weighted by atomic mass is 9.83. The monoisotopic (exact) mass is 367 g/mol. The highest BCUT2D eigenvalue weighted by Crippen LogP contribution is 2.26. The van der Waals surface area contributed by atoms with E-state index in [9.17, 15) is 14.4 Å². The van der Waals surface area contributed by atoms with Crippen molar-refractivity contribution < 1.29 is 14.4 Å². The third-order valence-corrected chi connectivity index (χ3v) is 5.20. The summed E-state index contributed by atoms with van der Waals surface area (Å²) < 4.78 is 0. The van der Waals surface area contributed by atoms with Crippen molar-refractivity contribution in [3.8, 4) is 0 Å². The first-order valence-electron chi connectivity index (χ1n) is 9.14. The van der Waals surface area contributed by atoms with Gasteiger partial charge >= 0.3 is 0 Å². The van der Waals surface area contributed by atoms with Crippen LogP contribution in [-0.4, -0.2) is 58.6 Å². The minimum Gasteiger partial charge on any atom is -0.356 e. The molecule has 3 rings (SSSR count). The molecule has 6 heteroatoms. The SMILES string of the molecule is CC(=O)c1c[nH]c(C(=O)N2CCN(C(=O)C(C)(C)c3ccccc3)CC2)c1. The number of amides is 2. The molecule has 0 atom stereocenters. The summed E-state index contributed by atoms with van der Waals surface area (Å²) >= 11 is 0. The van der Waals surface area contributed by atoms with E-state index in [1.807, 2.05) is 49.1 Å². The zero-order valence-corrected chi connectivity index (χ0v) is 16.0. The Balaban J connectivity index is 1.63. The van der Waals surface area contributed by atoms with Gasteiger partial charge in [0, 0.05) is 37.9 Å². The van der Waals surface area contributed by atoms with Gasteiger partial charge in [0.05, 0.1) is 5.41 Å². The molecule has 0 bridgehead atoms. The predicted octanol–water partition coefficient (Wildman–Crippen LogP) is 2.48. The number of aromatic nitrogens is 1. The summed E-state index contributed by atoms with van der Waals surface area (Å²) in [6.45, 7) is 7.29. The highest BCUT2D eigenvalue weighted by atomic mass is 16.2. The molecular weight excluding hydrogens is 342 g/mol. The molecule has 1 fully saturated rings. The third kappa shape index (κ3) is 3.79. The molecule has 1 aliphatic rings. The first kappa shape index (κ1) is 18.9.